The van der Waals surface area contributed by atoms with E-state index in [1.807, 2.05) is 6.92 Å². The molecule has 0 aliphatic carbocycles. The largest absolute Gasteiger partial charge is 0.448 e. The van der Waals surface area contributed by atoms with E-state index in [0.717, 1.165) is 5.76 Å². The molecule has 0 atom stereocenters. The van der Waals surface area contributed by atoms with Gasteiger partial charge < -0.3 is 4.74 Å². The summed E-state index contributed by atoms with van der Waals surface area (Å²) in [6, 6.07) is 0. The lowest BCUT2D eigenvalue weighted by atomic mass is 10.5. The highest BCUT2D eigenvalue weighted by Crippen LogP contribution is 1.96. The predicted octanol–water partition coefficient (Wildman–Crippen LogP) is 2.65. The summed E-state index contributed by atoms with van der Waals surface area (Å²) in [4.78, 5) is 3.83. The van der Waals surface area contributed by atoms with Gasteiger partial charge in [-0.05, 0) is 13.0 Å². The minimum absolute atomic E-state index is 0.579. The Morgan fingerprint density at radius 2 is 2.00 bits per heavy atom. The molecule has 0 saturated carbocycles. The van der Waals surface area contributed by atoms with Crippen molar-refractivity contribution in [2.75, 3.05) is 0 Å². The topological polar surface area (TPSA) is 21.6 Å². The van der Waals surface area contributed by atoms with Gasteiger partial charge >= 0.3 is 0 Å². The summed E-state index contributed by atoms with van der Waals surface area (Å²) in [7, 11) is 0. The molecule has 0 fully saturated rings. The monoisotopic (exact) mass is 151 g/mol. The number of nitrogens with zero attached hydrogens (tertiary/aromatic N) is 1. The first-order valence-corrected chi connectivity index (χ1v) is 3.33. The highest BCUT2D eigenvalue weighted by atomic mass is 16.5. The van der Waals surface area contributed by atoms with E-state index in [9.17, 15) is 0 Å². The van der Waals surface area contributed by atoms with E-state index < -0.39 is 0 Å². The SMILES string of the molecule is C=C/C=C(\C)OC(C)=NC=C. The molecule has 0 unspecified atom stereocenters. The van der Waals surface area contributed by atoms with Crippen LogP contribution in [0.25, 0.3) is 0 Å². The zero-order chi connectivity index (χ0) is 8.69. The van der Waals surface area contributed by atoms with Gasteiger partial charge in [0.2, 0.25) is 0 Å². The second kappa shape index (κ2) is 5.47. The van der Waals surface area contributed by atoms with Gasteiger partial charge in [0.25, 0.3) is 0 Å². The van der Waals surface area contributed by atoms with Crippen LogP contribution in [0.1, 0.15) is 13.8 Å². The molecular weight excluding hydrogens is 138 g/mol. The summed E-state index contributed by atoms with van der Waals surface area (Å²) in [5.74, 6) is 1.35. The van der Waals surface area contributed by atoms with Gasteiger partial charge in [0.05, 0.1) is 0 Å². The van der Waals surface area contributed by atoms with E-state index in [0.29, 0.717) is 5.90 Å². The summed E-state index contributed by atoms with van der Waals surface area (Å²) in [5, 5.41) is 0. The van der Waals surface area contributed by atoms with Gasteiger partial charge in [0, 0.05) is 13.1 Å². The molecule has 0 spiro atoms. The van der Waals surface area contributed by atoms with Crippen molar-refractivity contribution in [1.82, 2.24) is 0 Å². The zero-order valence-electron chi connectivity index (χ0n) is 7.00. The first-order valence-electron chi connectivity index (χ1n) is 3.33. The van der Waals surface area contributed by atoms with Crippen molar-refractivity contribution in [3.63, 3.8) is 0 Å². The molecule has 11 heavy (non-hydrogen) atoms. The molecule has 0 aromatic carbocycles. The maximum atomic E-state index is 5.20. The smallest absolute Gasteiger partial charge is 0.190 e. The van der Waals surface area contributed by atoms with Crippen LogP contribution in [-0.4, -0.2) is 5.90 Å². The Hall–Kier alpha value is -1.31. The summed E-state index contributed by atoms with van der Waals surface area (Å²) >= 11 is 0. The molecule has 0 aromatic heterocycles. The highest BCUT2D eigenvalue weighted by Gasteiger charge is 1.89. The molecule has 0 aliphatic rings. The van der Waals surface area contributed by atoms with Crippen LogP contribution in [0.4, 0.5) is 0 Å². The van der Waals surface area contributed by atoms with Crippen molar-refractivity contribution in [2.45, 2.75) is 13.8 Å². The molecule has 0 heterocycles. The Kier molecular flexibility index (Phi) is 4.82. The molecule has 60 valence electrons. The van der Waals surface area contributed by atoms with Crippen LogP contribution < -0.4 is 0 Å². The fourth-order valence-corrected chi connectivity index (χ4v) is 0.588. The molecule has 0 amide bonds. The molecule has 0 bridgehead atoms. The van der Waals surface area contributed by atoms with E-state index in [1.54, 1.807) is 19.1 Å². The number of ether oxygens (including phenoxy) is 1. The van der Waals surface area contributed by atoms with Gasteiger partial charge in [-0.15, -0.1) is 0 Å². The minimum atomic E-state index is 0.579. The molecule has 0 rings (SSSR count). The molecule has 0 aliphatic heterocycles. The third kappa shape index (κ3) is 5.15. The van der Waals surface area contributed by atoms with Crippen LogP contribution in [0.5, 0.6) is 0 Å². The lowest BCUT2D eigenvalue weighted by Gasteiger charge is -2.01. The van der Waals surface area contributed by atoms with Crippen LogP contribution >= 0.6 is 0 Å². The summed E-state index contributed by atoms with van der Waals surface area (Å²) in [5.41, 5.74) is 0. The van der Waals surface area contributed by atoms with E-state index in [2.05, 4.69) is 18.2 Å². The van der Waals surface area contributed by atoms with E-state index in [-0.39, 0.29) is 0 Å². The molecule has 0 aromatic rings. The van der Waals surface area contributed by atoms with Gasteiger partial charge in [-0.1, -0.05) is 19.2 Å². The number of rotatable bonds is 3. The van der Waals surface area contributed by atoms with Gasteiger partial charge in [-0.3, -0.25) is 0 Å². The van der Waals surface area contributed by atoms with Crippen LogP contribution in [0.2, 0.25) is 0 Å². The maximum absolute atomic E-state index is 5.20. The van der Waals surface area contributed by atoms with Gasteiger partial charge in [0.1, 0.15) is 5.76 Å². The lowest BCUT2D eigenvalue weighted by molar-refractivity contribution is 0.414. The third-order valence-corrected chi connectivity index (χ3v) is 0.934. The fraction of sp³-hybridized carbons (Fsp3) is 0.222. The Morgan fingerprint density at radius 3 is 2.45 bits per heavy atom. The Bertz CT molecular complexity index is 180. The van der Waals surface area contributed by atoms with Crippen molar-refractivity contribution < 1.29 is 4.74 Å². The normalized spacial score (nSPS) is 12.5. The second-order valence-corrected chi connectivity index (χ2v) is 1.95. The van der Waals surface area contributed by atoms with Crippen molar-refractivity contribution in [1.29, 1.82) is 0 Å². The van der Waals surface area contributed by atoms with Gasteiger partial charge in [-0.2, -0.15) is 0 Å². The molecule has 0 N–H and O–H groups in total. The average molecular weight is 151 g/mol. The summed E-state index contributed by atoms with van der Waals surface area (Å²) < 4.78 is 5.20. The first kappa shape index (κ1) is 9.69. The molecule has 0 radical (unpaired) electrons. The van der Waals surface area contributed by atoms with E-state index in [4.69, 9.17) is 4.74 Å². The number of hydrogen-bond acceptors (Lipinski definition) is 2. The number of hydrogen-bond donors (Lipinski definition) is 0. The number of aliphatic imine (C=N–C) groups is 1. The van der Waals surface area contributed by atoms with Crippen LogP contribution in [-0.2, 0) is 4.74 Å². The molecule has 2 nitrogen and oxygen atoms in total. The Morgan fingerprint density at radius 1 is 1.36 bits per heavy atom. The van der Waals surface area contributed by atoms with Gasteiger partial charge in [0.15, 0.2) is 5.90 Å². The number of allylic oxidation sites excluding steroid dienone is 3. The predicted molar refractivity (Wildman–Crippen MR) is 48.3 cm³/mol. The average Bonchev–Trinajstić information content (AvgIpc) is 1.87. The van der Waals surface area contributed by atoms with Crippen LogP contribution in [0, 0.1) is 0 Å². The van der Waals surface area contributed by atoms with Crippen LogP contribution in [0.3, 0.4) is 0 Å². The highest BCUT2D eigenvalue weighted by molar-refractivity contribution is 5.74. The van der Waals surface area contributed by atoms with Crippen molar-refractivity contribution in [3.8, 4) is 0 Å². The summed E-state index contributed by atoms with van der Waals surface area (Å²) in [6.45, 7) is 10.6. The van der Waals surface area contributed by atoms with E-state index in [1.165, 1.54) is 6.20 Å². The lowest BCUT2D eigenvalue weighted by Crippen LogP contribution is -1.95. The standard InChI is InChI=1S/C9H13NO/c1-5-7-8(3)11-9(4)10-6-2/h5-7H,1-2H2,3-4H3/b8-7+,10-9?. The molecule has 0 saturated heterocycles. The Balaban J connectivity index is 4.03. The maximum Gasteiger partial charge on any atom is 0.190 e. The van der Waals surface area contributed by atoms with Crippen LogP contribution in [0.15, 0.2) is 42.3 Å². The summed E-state index contributed by atoms with van der Waals surface area (Å²) in [6.07, 6.45) is 4.87. The molecule has 2 heteroatoms. The fourth-order valence-electron chi connectivity index (χ4n) is 0.588. The quantitative estimate of drug-likeness (QED) is 0.263. The second-order valence-electron chi connectivity index (χ2n) is 1.95. The van der Waals surface area contributed by atoms with E-state index >= 15 is 0 Å². The van der Waals surface area contributed by atoms with Crippen molar-refractivity contribution in [2.24, 2.45) is 4.99 Å². The zero-order valence-corrected chi connectivity index (χ0v) is 7.00. The van der Waals surface area contributed by atoms with Gasteiger partial charge in [-0.25, -0.2) is 4.99 Å². The Labute approximate surface area is 67.6 Å². The minimum Gasteiger partial charge on any atom is -0.448 e. The first-order chi connectivity index (χ1) is 5.20. The third-order valence-electron chi connectivity index (χ3n) is 0.934. The molecular formula is C9H13NO. The van der Waals surface area contributed by atoms with Crippen molar-refractivity contribution in [3.05, 3.63) is 37.3 Å². The van der Waals surface area contributed by atoms with Crippen molar-refractivity contribution >= 4 is 5.90 Å².